The van der Waals surface area contributed by atoms with Crippen molar-refractivity contribution in [2.45, 2.75) is 25.8 Å². The highest BCUT2D eigenvalue weighted by Crippen LogP contribution is 2.17. The van der Waals surface area contributed by atoms with Crippen LogP contribution in [0.4, 0.5) is 0 Å². The standard InChI is InChI=1S/C17H18ClNO/c1-13(15-8-5-9-16(18)12-15)19-17(20)11-10-14-6-3-2-4-7-14/h2-9,12-13H,10-11H2,1H3,(H,19,20). The lowest BCUT2D eigenvalue weighted by Gasteiger charge is -2.14. The highest BCUT2D eigenvalue weighted by atomic mass is 35.5. The quantitative estimate of drug-likeness (QED) is 0.879. The summed E-state index contributed by atoms with van der Waals surface area (Å²) in [4.78, 5) is 11.9. The van der Waals surface area contributed by atoms with Crippen molar-refractivity contribution in [1.29, 1.82) is 0 Å². The van der Waals surface area contributed by atoms with Gasteiger partial charge in [-0.05, 0) is 36.6 Å². The molecule has 0 aliphatic rings. The summed E-state index contributed by atoms with van der Waals surface area (Å²) in [6.45, 7) is 1.96. The molecule has 1 unspecified atom stereocenters. The van der Waals surface area contributed by atoms with E-state index in [1.165, 1.54) is 5.56 Å². The fraction of sp³-hybridized carbons (Fsp3) is 0.235. The second kappa shape index (κ2) is 7.11. The highest BCUT2D eigenvalue weighted by molar-refractivity contribution is 6.30. The Hall–Kier alpha value is -1.80. The number of carbonyl (C=O) groups excluding carboxylic acids is 1. The minimum atomic E-state index is -0.0306. The van der Waals surface area contributed by atoms with Crippen LogP contribution in [0.2, 0.25) is 5.02 Å². The first kappa shape index (κ1) is 14.6. The molecule has 1 amide bonds. The minimum absolute atomic E-state index is 0.0306. The molecule has 0 heterocycles. The molecule has 0 saturated carbocycles. The summed E-state index contributed by atoms with van der Waals surface area (Å²) in [5.41, 5.74) is 2.20. The normalized spacial score (nSPS) is 11.9. The fourth-order valence-electron chi connectivity index (χ4n) is 2.08. The number of benzene rings is 2. The second-order valence-electron chi connectivity index (χ2n) is 4.83. The molecular formula is C17H18ClNO. The monoisotopic (exact) mass is 287 g/mol. The van der Waals surface area contributed by atoms with Gasteiger partial charge in [-0.15, -0.1) is 0 Å². The number of hydrogen-bond donors (Lipinski definition) is 1. The van der Waals surface area contributed by atoms with Crippen molar-refractivity contribution in [3.05, 3.63) is 70.7 Å². The van der Waals surface area contributed by atoms with Gasteiger partial charge < -0.3 is 5.32 Å². The minimum Gasteiger partial charge on any atom is -0.350 e. The van der Waals surface area contributed by atoms with Gasteiger partial charge in [0.2, 0.25) is 5.91 Å². The average Bonchev–Trinajstić information content (AvgIpc) is 2.46. The SMILES string of the molecule is CC(NC(=O)CCc1ccccc1)c1cccc(Cl)c1. The van der Waals surface area contributed by atoms with E-state index in [-0.39, 0.29) is 11.9 Å². The maximum absolute atomic E-state index is 11.9. The maximum Gasteiger partial charge on any atom is 0.220 e. The fourth-order valence-corrected chi connectivity index (χ4v) is 2.27. The van der Waals surface area contributed by atoms with Crippen molar-refractivity contribution in [2.75, 3.05) is 0 Å². The van der Waals surface area contributed by atoms with Crippen LogP contribution in [-0.2, 0) is 11.2 Å². The first-order chi connectivity index (χ1) is 9.65. The average molecular weight is 288 g/mol. The van der Waals surface area contributed by atoms with Gasteiger partial charge in [-0.2, -0.15) is 0 Å². The molecule has 0 aliphatic carbocycles. The molecule has 0 aromatic heterocycles. The molecule has 2 aromatic rings. The molecule has 0 aliphatic heterocycles. The van der Waals surface area contributed by atoms with Crippen molar-refractivity contribution in [2.24, 2.45) is 0 Å². The third-order valence-corrected chi connectivity index (χ3v) is 3.44. The summed E-state index contributed by atoms with van der Waals surface area (Å²) in [7, 11) is 0. The Balaban J connectivity index is 1.85. The molecule has 0 bridgehead atoms. The van der Waals surface area contributed by atoms with Gasteiger partial charge in [0.05, 0.1) is 6.04 Å². The largest absolute Gasteiger partial charge is 0.350 e. The molecule has 1 atom stereocenters. The third kappa shape index (κ3) is 4.39. The van der Waals surface area contributed by atoms with Gasteiger partial charge in [0.15, 0.2) is 0 Å². The van der Waals surface area contributed by atoms with E-state index in [1.807, 2.05) is 61.5 Å². The highest BCUT2D eigenvalue weighted by Gasteiger charge is 2.09. The van der Waals surface area contributed by atoms with Crippen LogP contribution in [0.3, 0.4) is 0 Å². The van der Waals surface area contributed by atoms with Crippen molar-refractivity contribution in [3.63, 3.8) is 0 Å². The summed E-state index contributed by atoms with van der Waals surface area (Å²) >= 11 is 5.95. The molecule has 0 radical (unpaired) electrons. The second-order valence-corrected chi connectivity index (χ2v) is 5.27. The number of carbonyl (C=O) groups is 1. The number of rotatable bonds is 5. The van der Waals surface area contributed by atoms with Crippen LogP contribution >= 0.6 is 11.6 Å². The molecule has 3 heteroatoms. The van der Waals surface area contributed by atoms with Crippen LogP contribution in [0.25, 0.3) is 0 Å². The van der Waals surface area contributed by atoms with Gasteiger partial charge in [0.1, 0.15) is 0 Å². The maximum atomic E-state index is 11.9. The van der Waals surface area contributed by atoms with Crippen LogP contribution in [0.5, 0.6) is 0 Å². The molecule has 2 nitrogen and oxygen atoms in total. The van der Waals surface area contributed by atoms with Crippen molar-refractivity contribution >= 4 is 17.5 Å². The van der Waals surface area contributed by atoms with Crippen molar-refractivity contribution in [1.82, 2.24) is 5.32 Å². The van der Waals surface area contributed by atoms with E-state index in [0.717, 1.165) is 12.0 Å². The predicted molar refractivity (Wildman–Crippen MR) is 82.8 cm³/mol. The van der Waals surface area contributed by atoms with Crippen LogP contribution in [0.15, 0.2) is 54.6 Å². The van der Waals surface area contributed by atoms with Crippen molar-refractivity contribution in [3.8, 4) is 0 Å². The van der Waals surface area contributed by atoms with E-state index >= 15 is 0 Å². The zero-order valence-corrected chi connectivity index (χ0v) is 12.2. The Morgan fingerprint density at radius 1 is 1.15 bits per heavy atom. The van der Waals surface area contributed by atoms with Gasteiger partial charge in [-0.3, -0.25) is 4.79 Å². The summed E-state index contributed by atoms with van der Waals surface area (Å²) in [5.74, 6) is 0.0568. The van der Waals surface area contributed by atoms with E-state index in [2.05, 4.69) is 5.32 Å². The Morgan fingerprint density at radius 2 is 1.90 bits per heavy atom. The van der Waals surface area contributed by atoms with E-state index < -0.39 is 0 Å². The van der Waals surface area contributed by atoms with Crippen molar-refractivity contribution < 1.29 is 4.79 Å². The number of halogens is 1. The number of amides is 1. The summed E-state index contributed by atoms with van der Waals surface area (Å²) in [6, 6.07) is 17.6. The number of aryl methyl sites for hydroxylation is 1. The van der Waals surface area contributed by atoms with Gasteiger partial charge in [-0.25, -0.2) is 0 Å². The smallest absolute Gasteiger partial charge is 0.220 e. The Labute approximate surface area is 124 Å². The first-order valence-electron chi connectivity index (χ1n) is 6.74. The first-order valence-corrected chi connectivity index (χ1v) is 7.11. The van der Waals surface area contributed by atoms with Gasteiger partial charge in [-0.1, -0.05) is 54.1 Å². The van der Waals surface area contributed by atoms with E-state index in [4.69, 9.17) is 11.6 Å². The lowest BCUT2D eigenvalue weighted by Crippen LogP contribution is -2.26. The lowest BCUT2D eigenvalue weighted by molar-refractivity contribution is -0.121. The molecule has 0 fully saturated rings. The zero-order valence-electron chi connectivity index (χ0n) is 11.5. The van der Waals surface area contributed by atoms with Gasteiger partial charge in [0, 0.05) is 11.4 Å². The molecular weight excluding hydrogens is 270 g/mol. The van der Waals surface area contributed by atoms with Gasteiger partial charge in [0.25, 0.3) is 0 Å². The lowest BCUT2D eigenvalue weighted by atomic mass is 10.1. The van der Waals surface area contributed by atoms with E-state index in [1.54, 1.807) is 0 Å². The summed E-state index contributed by atoms with van der Waals surface area (Å²) < 4.78 is 0. The third-order valence-electron chi connectivity index (χ3n) is 3.21. The molecule has 0 saturated heterocycles. The Kier molecular flexibility index (Phi) is 5.19. The summed E-state index contributed by atoms with van der Waals surface area (Å²) in [6.07, 6.45) is 1.25. The van der Waals surface area contributed by atoms with Crippen LogP contribution in [0.1, 0.15) is 30.5 Å². The molecule has 1 N–H and O–H groups in total. The van der Waals surface area contributed by atoms with E-state index in [9.17, 15) is 4.79 Å². The zero-order chi connectivity index (χ0) is 14.4. The number of nitrogens with one attached hydrogen (secondary N) is 1. The molecule has 2 rings (SSSR count). The van der Waals surface area contributed by atoms with Crippen LogP contribution < -0.4 is 5.32 Å². The summed E-state index contributed by atoms with van der Waals surface area (Å²) in [5, 5.41) is 3.68. The molecule has 0 spiro atoms. The Bertz CT molecular complexity index is 568. The molecule has 2 aromatic carbocycles. The molecule has 104 valence electrons. The van der Waals surface area contributed by atoms with Crippen LogP contribution in [0, 0.1) is 0 Å². The van der Waals surface area contributed by atoms with Crippen LogP contribution in [-0.4, -0.2) is 5.91 Å². The Morgan fingerprint density at radius 3 is 2.60 bits per heavy atom. The van der Waals surface area contributed by atoms with Gasteiger partial charge >= 0.3 is 0 Å². The van der Waals surface area contributed by atoms with E-state index in [0.29, 0.717) is 11.4 Å². The topological polar surface area (TPSA) is 29.1 Å². The predicted octanol–water partition coefficient (Wildman–Crippen LogP) is 4.15. The molecule has 20 heavy (non-hydrogen) atoms. The number of hydrogen-bond acceptors (Lipinski definition) is 1.